The first-order valence-electron chi connectivity index (χ1n) is 6.46. The molecule has 2 N–H and O–H groups in total. The zero-order valence-corrected chi connectivity index (χ0v) is 11.2. The summed E-state index contributed by atoms with van der Waals surface area (Å²) in [6.07, 6.45) is 0.806. The van der Waals surface area contributed by atoms with Crippen molar-refractivity contribution in [1.82, 2.24) is 10.2 Å². The van der Waals surface area contributed by atoms with Crippen LogP contribution in [0.25, 0.3) is 0 Å². The molecule has 0 saturated carbocycles. The van der Waals surface area contributed by atoms with Gasteiger partial charge in [0.05, 0.1) is 31.4 Å². The molecule has 2 rings (SSSR count). The number of likely N-dealkylation sites (N-methyl/N-ethyl adjacent to an activating group) is 1. The third-order valence-electron chi connectivity index (χ3n) is 3.86. The lowest BCUT2D eigenvalue weighted by atomic mass is 10.0. The summed E-state index contributed by atoms with van der Waals surface area (Å²) in [7, 11) is 1.71. The second-order valence-electron chi connectivity index (χ2n) is 5.08. The van der Waals surface area contributed by atoms with Crippen molar-refractivity contribution in [3.05, 3.63) is 0 Å². The number of carboxylic acids is 1. The monoisotopic (exact) mass is 272 g/mol. The lowest BCUT2D eigenvalue weighted by molar-refractivity contribution is -0.142. The Labute approximate surface area is 111 Å². The summed E-state index contributed by atoms with van der Waals surface area (Å²) in [5.41, 5.74) is 0. The first-order valence-corrected chi connectivity index (χ1v) is 6.46. The molecule has 0 aliphatic carbocycles. The Balaban J connectivity index is 1.91. The van der Waals surface area contributed by atoms with E-state index in [0.717, 1.165) is 6.42 Å². The van der Waals surface area contributed by atoms with E-state index < -0.39 is 17.9 Å². The van der Waals surface area contributed by atoms with Crippen LogP contribution in [0.1, 0.15) is 13.3 Å². The van der Waals surface area contributed by atoms with Crippen LogP contribution in [-0.2, 0) is 14.3 Å². The predicted octanol–water partition coefficient (Wildman–Crippen LogP) is -0.0952. The molecule has 4 unspecified atom stereocenters. The molecule has 2 saturated heterocycles. The van der Waals surface area contributed by atoms with Crippen molar-refractivity contribution < 1.29 is 24.2 Å². The first kappa shape index (κ1) is 14.1. The molecule has 2 aliphatic rings. The van der Waals surface area contributed by atoms with E-state index >= 15 is 0 Å². The van der Waals surface area contributed by atoms with Crippen LogP contribution in [0.2, 0.25) is 0 Å². The smallest absolute Gasteiger partial charge is 0.317 e. The number of rotatable bonds is 3. The van der Waals surface area contributed by atoms with Crippen molar-refractivity contribution in [1.29, 1.82) is 0 Å². The Kier molecular flexibility index (Phi) is 4.26. The van der Waals surface area contributed by atoms with Crippen molar-refractivity contribution in [2.24, 2.45) is 5.92 Å². The van der Waals surface area contributed by atoms with Gasteiger partial charge in [0.15, 0.2) is 0 Å². The molecule has 0 aromatic carbocycles. The van der Waals surface area contributed by atoms with Crippen molar-refractivity contribution in [2.45, 2.75) is 31.5 Å². The highest BCUT2D eigenvalue weighted by molar-refractivity contribution is 5.77. The van der Waals surface area contributed by atoms with Crippen molar-refractivity contribution in [3.63, 3.8) is 0 Å². The standard InChI is InChI=1S/C12H20N2O5/c1-7-10(3-4-19-7)14(2)12(17)13-9-6-18-5-8(9)11(15)16/h7-10H,3-6H2,1-2H3,(H,13,17)(H,15,16). The number of carboxylic acid groups (broad SMARTS) is 1. The molecule has 2 aliphatic heterocycles. The van der Waals surface area contributed by atoms with Crippen LogP contribution < -0.4 is 5.32 Å². The Morgan fingerprint density at radius 3 is 2.68 bits per heavy atom. The van der Waals surface area contributed by atoms with E-state index in [1.165, 1.54) is 0 Å². The van der Waals surface area contributed by atoms with Crippen LogP contribution in [0.15, 0.2) is 0 Å². The first-order chi connectivity index (χ1) is 9.00. The fourth-order valence-corrected chi connectivity index (χ4v) is 2.58. The number of nitrogens with one attached hydrogen (secondary N) is 1. The second-order valence-corrected chi connectivity index (χ2v) is 5.08. The lowest BCUT2D eigenvalue weighted by Crippen LogP contribution is -2.51. The molecule has 7 heteroatoms. The second kappa shape index (κ2) is 5.75. The SMILES string of the molecule is CC1OCCC1N(C)C(=O)NC1COCC1C(=O)O. The zero-order valence-electron chi connectivity index (χ0n) is 11.2. The molecule has 4 atom stereocenters. The zero-order chi connectivity index (χ0) is 14.0. The number of nitrogens with zero attached hydrogens (tertiary/aromatic N) is 1. The van der Waals surface area contributed by atoms with Crippen molar-refractivity contribution >= 4 is 12.0 Å². The summed E-state index contributed by atoms with van der Waals surface area (Å²) >= 11 is 0. The maximum absolute atomic E-state index is 12.1. The van der Waals surface area contributed by atoms with E-state index in [1.807, 2.05) is 6.92 Å². The average molecular weight is 272 g/mol. The van der Waals surface area contributed by atoms with Crippen molar-refractivity contribution in [3.8, 4) is 0 Å². The third kappa shape index (κ3) is 2.98. The van der Waals surface area contributed by atoms with Gasteiger partial charge in [0.2, 0.25) is 0 Å². The highest BCUT2D eigenvalue weighted by Crippen LogP contribution is 2.19. The average Bonchev–Trinajstić information content (AvgIpc) is 2.96. The fourth-order valence-electron chi connectivity index (χ4n) is 2.58. The van der Waals surface area contributed by atoms with Crippen LogP contribution in [0.5, 0.6) is 0 Å². The number of carbonyl (C=O) groups excluding carboxylic acids is 1. The minimum atomic E-state index is -0.942. The van der Waals surface area contributed by atoms with E-state index in [9.17, 15) is 9.59 Å². The van der Waals surface area contributed by atoms with Gasteiger partial charge in [-0.05, 0) is 13.3 Å². The molecule has 0 bridgehead atoms. The number of hydrogen-bond acceptors (Lipinski definition) is 4. The number of hydrogen-bond donors (Lipinski definition) is 2. The Morgan fingerprint density at radius 2 is 2.11 bits per heavy atom. The fraction of sp³-hybridized carbons (Fsp3) is 0.833. The van der Waals surface area contributed by atoms with Crippen molar-refractivity contribution in [2.75, 3.05) is 26.9 Å². The van der Waals surface area contributed by atoms with Crippen LogP contribution >= 0.6 is 0 Å². The van der Waals surface area contributed by atoms with Crippen LogP contribution in [-0.4, -0.2) is 67.1 Å². The Morgan fingerprint density at radius 1 is 1.37 bits per heavy atom. The quantitative estimate of drug-likeness (QED) is 0.749. The number of carbonyl (C=O) groups is 2. The van der Waals surface area contributed by atoms with E-state index in [1.54, 1.807) is 11.9 Å². The van der Waals surface area contributed by atoms with E-state index in [-0.39, 0.29) is 31.4 Å². The summed E-state index contributed by atoms with van der Waals surface area (Å²) in [6, 6.07) is -0.709. The molecule has 0 aromatic heterocycles. The predicted molar refractivity (Wildman–Crippen MR) is 65.8 cm³/mol. The summed E-state index contributed by atoms with van der Waals surface area (Å²) in [5.74, 6) is -1.61. The Bertz CT molecular complexity index is 362. The Hall–Kier alpha value is -1.34. The summed E-state index contributed by atoms with van der Waals surface area (Å²) in [6.45, 7) is 2.97. The molecule has 7 nitrogen and oxygen atoms in total. The number of ether oxygens (including phenoxy) is 2. The highest BCUT2D eigenvalue weighted by atomic mass is 16.5. The van der Waals surface area contributed by atoms with Crippen LogP contribution in [0, 0.1) is 5.92 Å². The van der Waals surface area contributed by atoms with Crippen LogP contribution in [0.3, 0.4) is 0 Å². The van der Waals surface area contributed by atoms with Gasteiger partial charge in [-0.1, -0.05) is 0 Å². The molecule has 0 radical (unpaired) electrons. The molecular weight excluding hydrogens is 252 g/mol. The van der Waals surface area contributed by atoms with Gasteiger partial charge < -0.3 is 24.8 Å². The number of aliphatic carboxylic acids is 1. The lowest BCUT2D eigenvalue weighted by Gasteiger charge is -2.28. The van der Waals surface area contributed by atoms with E-state index in [2.05, 4.69) is 5.32 Å². The van der Waals surface area contributed by atoms with Gasteiger partial charge in [0.1, 0.15) is 5.92 Å². The van der Waals surface area contributed by atoms with Gasteiger partial charge in [-0.2, -0.15) is 0 Å². The normalized spacial score (nSPS) is 34.2. The van der Waals surface area contributed by atoms with E-state index in [4.69, 9.17) is 14.6 Å². The van der Waals surface area contributed by atoms with Gasteiger partial charge in [-0.25, -0.2) is 4.79 Å². The van der Waals surface area contributed by atoms with Gasteiger partial charge >= 0.3 is 12.0 Å². The maximum Gasteiger partial charge on any atom is 0.317 e. The largest absolute Gasteiger partial charge is 0.481 e. The maximum atomic E-state index is 12.1. The molecule has 0 aromatic rings. The summed E-state index contributed by atoms with van der Waals surface area (Å²) in [5, 5.41) is 11.8. The molecule has 2 fully saturated rings. The van der Waals surface area contributed by atoms with Gasteiger partial charge in [-0.3, -0.25) is 4.79 Å². The molecule has 2 heterocycles. The number of amides is 2. The topological polar surface area (TPSA) is 88.1 Å². The minimum absolute atomic E-state index is 0.00542. The molecule has 0 spiro atoms. The molecule has 2 amide bonds. The van der Waals surface area contributed by atoms with Gasteiger partial charge in [-0.15, -0.1) is 0 Å². The van der Waals surface area contributed by atoms with E-state index in [0.29, 0.717) is 6.61 Å². The van der Waals surface area contributed by atoms with Crippen LogP contribution in [0.4, 0.5) is 4.79 Å². The summed E-state index contributed by atoms with van der Waals surface area (Å²) < 4.78 is 10.5. The molecular formula is C12H20N2O5. The minimum Gasteiger partial charge on any atom is -0.481 e. The van der Waals surface area contributed by atoms with Gasteiger partial charge in [0, 0.05) is 13.7 Å². The molecule has 108 valence electrons. The third-order valence-corrected chi connectivity index (χ3v) is 3.86. The van der Waals surface area contributed by atoms with Gasteiger partial charge in [0.25, 0.3) is 0 Å². The number of urea groups is 1. The highest BCUT2D eigenvalue weighted by Gasteiger charge is 2.37. The molecule has 19 heavy (non-hydrogen) atoms. The summed E-state index contributed by atoms with van der Waals surface area (Å²) in [4.78, 5) is 24.7.